The van der Waals surface area contributed by atoms with Gasteiger partial charge >= 0.3 is 5.97 Å². The summed E-state index contributed by atoms with van der Waals surface area (Å²) in [5, 5.41) is 10.8. The number of thiocarbonyl (C=S) groups is 1. The van der Waals surface area contributed by atoms with E-state index >= 15 is 0 Å². The lowest BCUT2D eigenvalue weighted by Crippen LogP contribution is -2.22. The first-order valence-electron chi connectivity index (χ1n) is 5.50. The molecule has 1 rings (SSSR count). The van der Waals surface area contributed by atoms with Crippen molar-refractivity contribution < 1.29 is 9.53 Å². The Labute approximate surface area is 111 Å². The van der Waals surface area contributed by atoms with Crippen LogP contribution in [0.3, 0.4) is 0 Å². The number of nitrogens with one attached hydrogen (secondary N) is 1. The van der Waals surface area contributed by atoms with Crippen molar-refractivity contribution in [2.75, 3.05) is 18.5 Å². The third kappa shape index (κ3) is 3.36. The normalized spacial score (nSPS) is 9.94. The molecule has 0 atom stereocenters. The number of rotatable bonds is 5. The molecule has 1 aromatic heterocycles. The van der Waals surface area contributed by atoms with Crippen molar-refractivity contribution in [2.24, 2.45) is 5.73 Å². The highest BCUT2D eigenvalue weighted by atomic mass is 32.1. The number of carbonyl (C=O) groups is 1. The van der Waals surface area contributed by atoms with E-state index in [1.165, 1.54) is 0 Å². The molecule has 1 heterocycles. The third-order valence-corrected chi connectivity index (χ3v) is 2.61. The number of anilines is 1. The van der Waals surface area contributed by atoms with Crippen molar-refractivity contribution in [3.05, 3.63) is 16.8 Å². The second-order valence-electron chi connectivity index (χ2n) is 3.66. The molecule has 0 amide bonds. The highest BCUT2D eigenvalue weighted by molar-refractivity contribution is 7.80. The molecular formula is C11H16N4O2S. The molecule has 6 nitrogen and oxygen atoms in total. The zero-order valence-electron chi connectivity index (χ0n) is 10.6. The maximum Gasteiger partial charge on any atom is 0.325 e. The molecule has 0 aliphatic carbocycles. The van der Waals surface area contributed by atoms with Gasteiger partial charge in [-0.25, -0.2) is 0 Å². The van der Waals surface area contributed by atoms with Gasteiger partial charge in [-0.05, 0) is 26.3 Å². The highest BCUT2D eigenvalue weighted by Crippen LogP contribution is 2.17. The van der Waals surface area contributed by atoms with E-state index in [1.807, 2.05) is 13.8 Å². The van der Waals surface area contributed by atoms with Gasteiger partial charge in [0, 0.05) is 0 Å². The summed E-state index contributed by atoms with van der Waals surface area (Å²) in [5.74, 6) is 0.0325. The van der Waals surface area contributed by atoms with Crippen molar-refractivity contribution in [1.82, 2.24) is 10.2 Å². The smallest absolute Gasteiger partial charge is 0.325 e. The molecule has 1 aromatic rings. The van der Waals surface area contributed by atoms with Crippen molar-refractivity contribution >= 4 is 29.0 Å². The fourth-order valence-electron chi connectivity index (χ4n) is 1.40. The van der Waals surface area contributed by atoms with Gasteiger partial charge in [-0.1, -0.05) is 12.2 Å². The Bertz CT molecular complexity index is 476. The van der Waals surface area contributed by atoms with E-state index in [4.69, 9.17) is 22.7 Å². The van der Waals surface area contributed by atoms with Gasteiger partial charge < -0.3 is 15.8 Å². The fraction of sp³-hybridized carbons (Fsp3) is 0.455. The monoisotopic (exact) mass is 268 g/mol. The van der Waals surface area contributed by atoms with E-state index in [0.717, 1.165) is 11.3 Å². The van der Waals surface area contributed by atoms with Crippen LogP contribution >= 0.6 is 12.2 Å². The molecule has 0 unspecified atom stereocenters. The molecule has 0 saturated heterocycles. The van der Waals surface area contributed by atoms with Crippen LogP contribution in [-0.4, -0.2) is 34.3 Å². The zero-order valence-corrected chi connectivity index (χ0v) is 11.4. The number of esters is 1. The number of nitrogens with two attached hydrogens (primary N) is 1. The summed E-state index contributed by atoms with van der Waals surface area (Å²) in [7, 11) is 0. The van der Waals surface area contributed by atoms with Crippen LogP contribution in [0.4, 0.5) is 5.82 Å². The molecule has 0 aromatic carbocycles. The largest absolute Gasteiger partial charge is 0.465 e. The topological polar surface area (TPSA) is 90.1 Å². The fourth-order valence-corrected chi connectivity index (χ4v) is 1.65. The van der Waals surface area contributed by atoms with Crippen molar-refractivity contribution in [3.8, 4) is 0 Å². The Kier molecular flexibility index (Phi) is 4.96. The summed E-state index contributed by atoms with van der Waals surface area (Å²) in [6.45, 7) is 5.75. The van der Waals surface area contributed by atoms with Crippen LogP contribution < -0.4 is 11.1 Å². The summed E-state index contributed by atoms with van der Waals surface area (Å²) in [6, 6.07) is 0. The molecular weight excluding hydrogens is 252 g/mol. The maximum absolute atomic E-state index is 11.3. The summed E-state index contributed by atoms with van der Waals surface area (Å²) in [5.41, 5.74) is 7.87. The minimum absolute atomic E-state index is 0.000629. The lowest BCUT2D eigenvalue weighted by molar-refractivity contribution is -0.140. The van der Waals surface area contributed by atoms with E-state index in [-0.39, 0.29) is 17.5 Å². The second kappa shape index (κ2) is 6.25. The predicted molar refractivity (Wildman–Crippen MR) is 72.5 cm³/mol. The zero-order chi connectivity index (χ0) is 13.7. The van der Waals surface area contributed by atoms with Gasteiger partial charge in [0.2, 0.25) is 0 Å². The van der Waals surface area contributed by atoms with Crippen LogP contribution in [0.1, 0.15) is 23.7 Å². The molecule has 0 bridgehead atoms. The van der Waals surface area contributed by atoms with Crippen molar-refractivity contribution in [3.63, 3.8) is 0 Å². The van der Waals surface area contributed by atoms with Crippen LogP contribution in [0, 0.1) is 13.8 Å². The number of ether oxygens (including phenoxy) is 1. The van der Waals surface area contributed by atoms with E-state index in [9.17, 15) is 4.79 Å². The van der Waals surface area contributed by atoms with E-state index in [2.05, 4.69) is 15.5 Å². The lowest BCUT2D eigenvalue weighted by atomic mass is 10.1. The van der Waals surface area contributed by atoms with Gasteiger partial charge in [-0.3, -0.25) is 4.79 Å². The SMILES string of the molecule is CCOC(=O)CNc1nnc(C)c(C)c1C(N)=S. The summed E-state index contributed by atoms with van der Waals surface area (Å²) >= 11 is 4.98. The Morgan fingerprint density at radius 2 is 2.11 bits per heavy atom. The van der Waals surface area contributed by atoms with Gasteiger partial charge in [0.15, 0.2) is 5.82 Å². The number of carbonyl (C=O) groups excluding carboxylic acids is 1. The van der Waals surface area contributed by atoms with Gasteiger partial charge in [0.1, 0.15) is 11.5 Å². The Morgan fingerprint density at radius 3 is 2.67 bits per heavy atom. The molecule has 0 saturated carbocycles. The van der Waals surface area contributed by atoms with Crippen LogP contribution in [0.25, 0.3) is 0 Å². The standard InChI is InChI=1S/C11H16N4O2S/c1-4-17-8(16)5-13-11-9(10(12)18)6(2)7(3)14-15-11/h4-5H2,1-3H3,(H2,12,18)(H,13,15). The molecule has 0 spiro atoms. The molecule has 0 aliphatic heterocycles. The van der Waals surface area contributed by atoms with Crippen LogP contribution in [0.5, 0.6) is 0 Å². The minimum atomic E-state index is -0.369. The molecule has 0 aliphatic rings. The first-order valence-corrected chi connectivity index (χ1v) is 5.91. The third-order valence-electron chi connectivity index (χ3n) is 2.41. The van der Waals surface area contributed by atoms with E-state index < -0.39 is 0 Å². The Balaban J connectivity index is 2.92. The molecule has 3 N–H and O–H groups in total. The molecule has 0 radical (unpaired) electrons. The number of hydrogen-bond donors (Lipinski definition) is 2. The molecule has 98 valence electrons. The highest BCUT2D eigenvalue weighted by Gasteiger charge is 2.14. The Hall–Kier alpha value is -1.76. The number of nitrogens with zero attached hydrogens (tertiary/aromatic N) is 2. The van der Waals surface area contributed by atoms with Crippen LogP contribution in [-0.2, 0) is 9.53 Å². The second-order valence-corrected chi connectivity index (χ2v) is 4.10. The molecule has 7 heteroatoms. The van der Waals surface area contributed by atoms with Gasteiger partial charge in [-0.15, -0.1) is 5.10 Å². The summed E-state index contributed by atoms with van der Waals surface area (Å²) in [4.78, 5) is 11.5. The van der Waals surface area contributed by atoms with Gasteiger partial charge in [-0.2, -0.15) is 5.10 Å². The predicted octanol–water partition coefficient (Wildman–Crippen LogP) is 0.703. The lowest BCUT2D eigenvalue weighted by Gasteiger charge is -2.12. The van der Waals surface area contributed by atoms with Crippen molar-refractivity contribution in [1.29, 1.82) is 0 Å². The number of aryl methyl sites for hydroxylation is 1. The first-order chi connectivity index (χ1) is 8.47. The average molecular weight is 268 g/mol. The van der Waals surface area contributed by atoms with E-state index in [0.29, 0.717) is 18.0 Å². The molecule has 0 fully saturated rings. The summed E-state index contributed by atoms with van der Waals surface area (Å²) in [6.07, 6.45) is 0. The minimum Gasteiger partial charge on any atom is -0.465 e. The first kappa shape index (κ1) is 14.3. The summed E-state index contributed by atoms with van der Waals surface area (Å²) < 4.78 is 4.80. The van der Waals surface area contributed by atoms with Crippen LogP contribution in [0.2, 0.25) is 0 Å². The number of aromatic nitrogens is 2. The maximum atomic E-state index is 11.3. The Morgan fingerprint density at radius 1 is 1.44 bits per heavy atom. The van der Waals surface area contributed by atoms with Crippen LogP contribution in [0.15, 0.2) is 0 Å². The van der Waals surface area contributed by atoms with Crippen molar-refractivity contribution in [2.45, 2.75) is 20.8 Å². The van der Waals surface area contributed by atoms with Gasteiger partial charge in [0.25, 0.3) is 0 Å². The quantitative estimate of drug-likeness (QED) is 0.600. The van der Waals surface area contributed by atoms with Gasteiger partial charge in [0.05, 0.1) is 17.9 Å². The van der Waals surface area contributed by atoms with E-state index in [1.54, 1.807) is 6.92 Å². The average Bonchev–Trinajstić information content (AvgIpc) is 2.30. The number of hydrogen-bond acceptors (Lipinski definition) is 6. The molecule has 18 heavy (non-hydrogen) atoms.